The molecule has 0 aliphatic rings. The molecule has 5 heteroatoms. The summed E-state index contributed by atoms with van der Waals surface area (Å²) in [6.45, 7) is 0. The van der Waals surface area contributed by atoms with Gasteiger partial charge in [0.15, 0.2) is 5.75 Å². The maximum absolute atomic E-state index is 12.5. The Morgan fingerprint density at radius 3 is 2.55 bits per heavy atom. The summed E-state index contributed by atoms with van der Waals surface area (Å²) < 4.78 is 12.5. The third-order valence-electron chi connectivity index (χ3n) is 3.55. The zero-order valence-electron chi connectivity index (χ0n) is 11.7. The normalized spacial score (nSPS) is 12.8. The number of nitrogens with one attached hydrogen (secondary N) is 1. The molecule has 0 saturated heterocycles. The Bertz CT molecular complexity index is 884. The van der Waals surface area contributed by atoms with Crippen LogP contribution in [0.15, 0.2) is 66.0 Å². The van der Waals surface area contributed by atoms with E-state index in [1.54, 1.807) is 6.20 Å². The van der Waals surface area contributed by atoms with Gasteiger partial charge in [-0.1, -0.05) is 30.3 Å². The van der Waals surface area contributed by atoms with Crippen molar-refractivity contribution in [2.24, 2.45) is 0 Å². The van der Waals surface area contributed by atoms with E-state index in [2.05, 4.69) is 21.0 Å². The fraction of sp³-hybridized carbons (Fsp3) is 0.0588. The molecule has 2 aromatic heterocycles. The van der Waals surface area contributed by atoms with Gasteiger partial charge in [-0.15, -0.1) is 0 Å². The summed E-state index contributed by atoms with van der Waals surface area (Å²) in [7, 11) is 0. The second-order valence-corrected chi connectivity index (χ2v) is 6.44. The summed E-state index contributed by atoms with van der Waals surface area (Å²) >= 11 is -1.23. The van der Waals surface area contributed by atoms with Gasteiger partial charge in [-0.25, -0.2) is 0 Å². The van der Waals surface area contributed by atoms with Gasteiger partial charge in [0.25, 0.3) is 0 Å². The first-order chi connectivity index (χ1) is 10.8. The molecule has 0 saturated carbocycles. The van der Waals surface area contributed by atoms with Crippen LogP contribution in [0.2, 0.25) is 0 Å². The topological polar surface area (TPSA) is 64.6 Å². The lowest BCUT2D eigenvalue weighted by atomic mass is 10.1. The second-order valence-electron chi connectivity index (χ2n) is 5.07. The third-order valence-corrected chi connectivity index (χ3v) is 4.73. The Morgan fingerprint density at radius 2 is 1.77 bits per heavy atom. The number of rotatable bonds is 3. The molecule has 1 unspecified atom stereocenters. The molecule has 0 fully saturated rings. The van der Waals surface area contributed by atoms with E-state index in [0.717, 1.165) is 27.5 Å². The molecule has 4 aromatic rings. The maximum Gasteiger partial charge on any atom is 0.322 e. The van der Waals surface area contributed by atoms with Gasteiger partial charge in [0.05, 0.1) is 16.7 Å². The van der Waals surface area contributed by atoms with Gasteiger partial charge < -0.3 is 4.55 Å². The molecule has 0 radical (unpaired) electrons. The summed E-state index contributed by atoms with van der Waals surface area (Å²) in [5.74, 6) is 0.361. The lowest BCUT2D eigenvalue weighted by Crippen LogP contribution is -2.07. The van der Waals surface area contributed by atoms with Gasteiger partial charge in [0, 0.05) is 17.4 Å². The van der Waals surface area contributed by atoms with Crippen LogP contribution in [0.5, 0.6) is 0 Å². The van der Waals surface area contributed by atoms with Crippen molar-refractivity contribution in [2.45, 2.75) is 10.9 Å². The fourth-order valence-corrected chi connectivity index (χ4v) is 3.47. The van der Waals surface area contributed by atoms with Crippen LogP contribution in [0.25, 0.3) is 21.8 Å². The lowest BCUT2D eigenvalue weighted by molar-refractivity contribution is 0.587. The van der Waals surface area contributed by atoms with Crippen molar-refractivity contribution in [2.75, 3.05) is 0 Å². The number of pyridine rings is 1. The van der Waals surface area contributed by atoms with Crippen LogP contribution >= 0.6 is 0 Å². The first-order valence-corrected chi connectivity index (χ1v) is 8.28. The van der Waals surface area contributed by atoms with Crippen LogP contribution in [0.1, 0.15) is 5.69 Å². The van der Waals surface area contributed by atoms with Gasteiger partial charge >= 0.3 is 5.16 Å². The van der Waals surface area contributed by atoms with Crippen molar-refractivity contribution in [1.82, 2.24) is 15.0 Å². The van der Waals surface area contributed by atoms with Crippen LogP contribution < -0.4 is 0 Å². The molecule has 0 aliphatic carbocycles. The average molecular weight is 307 g/mol. The number of benzene rings is 2. The summed E-state index contributed by atoms with van der Waals surface area (Å²) in [5.41, 5.74) is 2.54. The number of imidazole rings is 1. The number of aromatic nitrogens is 3. The molecule has 0 amide bonds. The SMILES string of the molecule is [O-][S+](Cc1ccccn1)c1nc2cc3ccccc3cc2[nH]1. The van der Waals surface area contributed by atoms with Crippen molar-refractivity contribution < 1.29 is 4.55 Å². The molecule has 1 atom stereocenters. The van der Waals surface area contributed by atoms with Crippen LogP contribution in [-0.4, -0.2) is 19.5 Å². The molecule has 0 aliphatic heterocycles. The molecule has 4 rings (SSSR count). The molecule has 4 nitrogen and oxygen atoms in total. The first-order valence-electron chi connectivity index (χ1n) is 6.96. The van der Waals surface area contributed by atoms with E-state index < -0.39 is 11.2 Å². The summed E-state index contributed by atoms with van der Waals surface area (Å²) in [6, 6.07) is 17.8. The van der Waals surface area contributed by atoms with E-state index >= 15 is 0 Å². The highest BCUT2D eigenvalue weighted by molar-refractivity contribution is 7.90. The molecule has 22 heavy (non-hydrogen) atoms. The smallest absolute Gasteiger partial charge is 0.322 e. The van der Waals surface area contributed by atoms with E-state index in [4.69, 9.17) is 0 Å². The quantitative estimate of drug-likeness (QED) is 0.590. The standard InChI is InChI=1S/C17H13N3OS/c21-22(11-14-7-3-4-8-18-14)17-19-15-9-12-5-1-2-6-13(12)10-16(15)20-17/h1-10H,11H2,(H,19,20). The predicted molar refractivity (Wildman–Crippen MR) is 87.9 cm³/mol. The Hall–Kier alpha value is -2.37. The van der Waals surface area contributed by atoms with Crippen molar-refractivity contribution in [3.8, 4) is 0 Å². The highest BCUT2D eigenvalue weighted by Gasteiger charge is 2.18. The second kappa shape index (κ2) is 5.44. The number of fused-ring (bicyclic) bond motifs is 2. The van der Waals surface area contributed by atoms with Crippen LogP contribution in [0.3, 0.4) is 0 Å². The third kappa shape index (κ3) is 2.45. The van der Waals surface area contributed by atoms with Crippen molar-refractivity contribution >= 4 is 33.0 Å². The minimum Gasteiger partial charge on any atom is -0.609 e. The van der Waals surface area contributed by atoms with Crippen LogP contribution in [0.4, 0.5) is 0 Å². The van der Waals surface area contributed by atoms with Gasteiger partial charge in [0.2, 0.25) is 0 Å². The minimum absolute atomic E-state index is 0.361. The van der Waals surface area contributed by atoms with E-state index in [1.165, 1.54) is 0 Å². The van der Waals surface area contributed by atoms with E-state index in [1.807, 2.05) is 48.5 Å². The zero-order valence-corrected chi connectivity index (χ0v) is 12.5. The van der Waals surface area contributed by atoms with Crippen LogP contribution in [0, 0.1) is 0 Å². The summed E-state index contributed by atoms with van der Waals surface area (Å²) in [4.78, 5) is 11.9. The Labute approximate surface area is 130 Å². The monoisotopic (exact) mass is 307 g/mol. The molecule has 0 spiro atoms. The van der Waals surface area contributed by atoms with E-state index in [0.29, 0.717) is 10.9 Å². The number of aromatic amines is 1. The number of nitrogens with zero attached hydrogens (tertiary/aromatic N) is 2. The van der Waals surface area contributed by atoms with Crippen molar-refractivity contribution in [3.05, 3.63) is 66.5 Å². The number of H-pyrrole nitrogens is 1. The highest BCUT2D eigenvalue weighted by atomic mass is 32.2. The van der Waals surface area contributed by atoms with Crippen LogP contribution in [-0.2, 0) is 16.9 Å². The van der Waals surface area contributed by atoms with Gasteiger partial charge in [-0.2, -0.15) is 4.98 Å². The fourth-order valence-electron chi connectivity index (χ4n) is 2.47. The average Bonchev–Trinajstić information content (AvgIpc) is 2.96. The lowest BCUT2D eigenvalue weighted by Gasteiger charge is -2.05. The summed E-state index contributed by atoms with van der Waals surface area (Å²) in [6.07, 6.45) is 1.71. The van der Waals surface area contributed by atoms with Gasteiger partial charge in [0.1, 0.15) is 0 Å². The Morgan fingerprint density at radius 1 is 1.00 bits per heavy atom. The largest absolute Gasteiger partial charge is 0.609 e. The molecule has 108 valence electrons. The van der Waals surface area contributed by atoms with Gasteiger partial charge in [-0.3, -0.25) is 9.97 Å². The van der Waals surface area contributed by atoms with Crippen molar-refractivity contribution in [1.29, 1.82) is 0 Å². The van der Waals surface area contributed by atoms with E-state index in [-0.39, 0.29) is 0 Å². The highest BCUT2D eigenvalue weighted by Crippen LogP contribution is 2.23. The van der Waals surface area contributed by atoms with Crippen molar-refractivity contribution in [3.63, 3.8) is 0 Å². The molecule has 0 bridgehead atoms. The molecule has 2 heterocycles. The number of hydrogen-bond acceptors (Lipinski definition) is 3. The first kappa shape index (κ1) is 13.3. The minimum atomic E-state index is -1.23. The molecule has 2 aromatic carbocycles. The molecular formula is C17H13N3OS. The van der Waals surface area contributed by atoms with Gasteiger partial charge in [-0.05, 0) is 35.0 Å². The summed E-state index contributed by atoms with van der Waals surface area (Å²) in [5, 5.41) is 2.76. The molecule has 1 N–H and O–H groups in total. The molecular weight excluding hydrogens is 294 g/mol. The Balaban J connectivity index is 1.71. The predicted octanol–water partition coefficient (Wildman–Crippen LogP) is 3.42. The maximum atomic E-state index is 12.5. The zero-order chi connectivity index (χ0) is 14.9. The Kier molecular flexibility index (Phi) is 3.29. The number of hydrogen-bond donors (Lipinski definition) is 1. The van der Waals surface area contributed by atoms with E-state index in [9.17, 15) is 4.55 Å².